The minimum atomic E-state index is -0.537. The summed E-state index contributed by atoms with van der Waals surface area (Å²) in [6.07, 6.45) is 1.92. The average Bonchev–Trinajstić information content (AvgIpc) is 2.60. The largest absolute Gasteiger partial charge is 0.377 e. The first-order valence-corrected chi connectivity index (χ1v) is 5.39. The first kappa shape index (κ1) is 12.4. The van der Waals surface area contributed by atoms with Crippen molar-refractivity contribution in [3.05, 3.63) is 0 Å². The van der Waals surface area contributed by atoms with Gasteiger partial charge < -0.3 is 21.1 Å². The van der Waals surface area contributed by atoms with E-state index in [-0.39, 0.29) is 6.10 Å². The maximum absolute atomic E-state index is 10.8. The van der Waals surface area contributed by atoms with E-state index in [0.29, 0.717) is 12.5 Å². The minimum Gasteiger partial charge on any atom is -0.377 e. The summed E-state index contributed by atoms with van der Waals surface area (Å²) in [4.78, 5) is 12.9. The Hall–Kier alpha value is -0.650. The Morgan fingerprint density at radius 1 is 1.67 bits per heavy atom. The van der Waals surface area contributed by atoms with Gasteiger partial charge in [-0.2, -0.15) is 0 Å². The van der Waals surface area contributed by atoms with Gasteiger partial charge in [-0.05, 0) is 26.8 Å². The van der Waals surface area contributed by atoms with Gasteiger partial charge in [0, 0.05) is 19.2 Å². The molecule has 1 saturated heterocycles. The van der Waals surface area contributed by atoms with E-state index in [1.807, 2.05) is 7.05 Å². The van der Waals surface area contributed by atoms with Gasteiger partial charge in [-0.1, -0.05) is 0 Å². The Labute approximate surface area is 90.7 Å². The van der Waals surface area contributed by atoms with Crippen LogP contribution in [0.5, 0.6) is 0 Å². The number of carbonyl (C=O) groups excluding carboxylic acids is 1. The summed E-state index contributed by atoms with van der Waals surface area (Å²) in [5.74, 6) is -0.431. The van der Waals surface area contributed by atoms with E-state index < -0.39 is 11.9 Å². The lowest BCUT2D eigenvalue weighted by Gasteiger charge is -2.27. The third-order valence-corrected chi connectivity index (χ3v) is 3.06. The van der Waals surface area contributed by atoms with Crippen molar-refractivity contribution in [1.82, 2.24) is 4.90 Å². The van der Waals surface area contributed by atoms with Crippen LogP contribution in [-0.4, -0.2) is 49.2 Å². The molecule has 5 heteroatoms. The molecule has 1 fully saturated rings. The van der Waals surface area contributed by atoms with Crippen molar-refractivity contribution in [2.24, 2.45) is 11.5 Å². The van der Waals surface area contributed by atoms with Crippen LogP contribution in [0, 0.1) is 0 Å². The van der Waals surface area contributed by atoms with Crippen LogP contribution in [0.25, 0.3) is 0 Å². The van der Waals surface area contributed by atoms with Gasteiger partial charge in [-0.3, -0.25) is 4.79 Å². The fourth-order valence-corrected chi connectivity index (χ4v) is 1.95. The lowest BCUT2D eigenvalue weighted by molar-refractivity contribution is -0.119. The summed E-state index contributed by atoms with van der Waals surface area (Å²) < 4.78 is 5.48. The highest BCUT2D eigenvalue weighted by Crippen LogP contribution is 2.18. The highest BCUT2D eigenvalue weighted by atomic mass is 16.5. The molecule has 3 unspecified atom stereocenters. The van der Waals surface area contributed by atoms with Crippen molar-refractivity contribution < 1.29 is 9.53 Å². The predicted molar refractivity (Wildman–Crippen MR) is 58.2 cm³/mol. The van der Waals surface area contributed by atoms with E-state index in [4.69, 9.17) is 16.2 Å². The summed E-state index contributed by atoms with van der Waals surface area (Å²) in [6, 6.07) is -0.102. The van der Waals surface area contributed by atoms with Crippen LogP contribution in [0.15, 0.2) is 0 Å². The Morgan fingerprint density at radius 2 is 2.33 bits per heavy atom. The summed E-state index contributed by atoms with van der Waals surface area (Å²) in [6.45, 7) is 3.67. The van der Waals surface area contributed by atoms with Crippen molar-refractivity contribution in [2.75, 3.05) is 20.2 Å². The van der Waals surface area contributed by atoms with Crippen LogP contribution in [0.3, 0.4) is 0 Å². The normalized spacial score (nSPS) is 28.3. The SMILES string of the molecule is CC1OCCC1N(C)CCC(N)C(N)=O. The molecule has 1 aliphatic rings. The summed E-state index contributed by atoms with van der Waals surface area (Å²) in [5.41, 5.74) is 10.7. The Kier molecular flexibility index (Phi) is 4.50. The van der Waals surface area contributed by atoms with E-state index in [1.54, 1.807) is 0 Å². The molecule has 15 heavy (non-hydrogen) atoms. The second kappa shape index (κ2) is 5.44. The van der Waals surface area contributed by atoms with Gasteiger partial charge in [0.1, 0.15) is 0 Å². The quantitative estimate of drug-likeness (QED) is 0.635. The monoisotopic (exact) mass is 215 g/mol. The second-order valence-corrected chi connectivity index (χ2v) is 4.21. The van der Waals surface area contributed by atoms with Gasteiger partial charge in [-0.25, -0.2) is 0 Å². The van der Waals surface area contributed by atoms with Crippen molar-refractivity contribution in [3.8, 4) is 0 Å². The zero-order valence-corrected chi connectivity index (χ0v) is 9.48. The molecule has 1 rings (SSSR count). The molecule has 0 aromatic carbocycles. The third kappa shape index (κ3) is 3.44. The van der Waals surface area contributed by atoms with Gasteiger partial charge in [0.2, 0.25) is 5.91 Å². The first-order chi connectivity index (χ1) is 7.02. The highest BCUT2D eigenvalue weighted by molar-refractivity contribution is 5.79. The molecule has 0 bridgehead atoms. The minimum absolute atomic E-state index is 0.264. The number of hydrogen-bond acceptors (Lipinski definition) is 4. The van der Waals surface area contributed by atoms with E-state index in [2.05, 4.69) is 11.8 Å². The predicted octanol–water partition coefficient (Wildman–Crippen LogP) is -0.702. The number of hydrogen-bond donors (Lipinski definition) is 2. The maximum Gasteiger partial charge on any atom is 0.234 e. The van der Waals surface area contributed by atoms with Crippen LogP contribution in [-0.2, 0) is 9.53 Å². The van der Waals surface area contributed by atoms with E-state index in [1.165, 1.54) is 0 Å². The zero-order chi connectivity index (χ0) is 11.4. The zero-order valence-electron chi connectivity index (χ0n) is 9.48. The second-order valence-electron chi connectivity index (χ2n) is 4.21. The maximum atomic E-state index is 10.8. The molecule has 0 aromatic heterocycles. The molecule has 0 radical (unpaired) electrons. The van der Waals surface area contributed by atoms with Crippen molar-refractivity contribution in [1.29, 1.82) is 0 Å². The molecule has 1 heterocycles. The molecular formula is C10H21N3O2. The number of primary amides is 1. The lowest BCUT2D eigenvalue weighted by atomic mass is 10.1. The highest BCUT2D eigenvalue weighted by Gasteiger charge is 2.27. The van der Waals surface area contributed by atoms with Crippen LogP contribution in [0.2, 0.25) is 0 Å². The molecule has 5 nitrogen and oxygen atoms in total. The Balaban J connectivity index is 2.29. The van der Waals surface area contributed by atoms with Crippen LogP contribution in [0.1, 0.15) is 19.8 Å². The molecule has 4 N–H and O–H groups in total. The van der Waals surface area contributed by atoms with E-state index in [0.717, 1.165) is 19.6 Å². The summed E-state index contributed by atoms with van der Waals surface area (Å²) in [7, 11) is 2.03. The first-order valence-electron chi connectivity index (χ1n) is 5.39. The number of ether oxygens (including phenoxy) is 1. The van der Waals surface area contributed by atoms with Crippen molar-refractivity contribution in [2.45, 2.75) is 38.0 Å². The number of nitrogens with zero attached hydrogens (tertiary/aromatic N) is 1. The number of rotatable bonds is 5. The molecule has 0 saturated carbocycles. The number of nitrogens with two attached hydrogens (primary N) is 2. The standard InChI is InChI=1S/C10H21N3O2/c1-7-9(4-6-15-7)13(2)5-3-8(11)10(12)14/h7-9H,3-6,11H2,1-2H3,(H2,12,14). The van der Waals surface area contributed by atoms with Gasteiger partial charge in [0.05, 0.1) is 12.1 Å². The summed E-state index contributed by atoms with van der Waals surface area (Å²) >= 11 is 0. The van der Waals surface area contributed by atoms with Crippen LogP contribution < -0.4 is 11.5 Å². The molecule has 88 valence electrons. The molecule has 0 spiro atoms. The van der Waals surface area contributed by atoms with Crippen LogP contribution in [0.4, 0.5) is 0 Å². The van der Waals surface area contributed by atoms with Gasteiger partial charge >= 0.3 is 0 Å². The van der Waals surface area contributed by atoms with Gasteiger partial charge in [0.15, 0.2) is 0 Å². The molecule has 0 aromatic rings. The smallest absolute Gasteiger partial charge is 0.234 e. The van der Waals surface area contributed by atoms with E-state index >= 15 is 0 Å². The number of likely N-dealkylation sites (N-methyl/N-ethyl adjacent to an activating group) is 1. The summed E-state index contributed by atoms with van der Waals surface area (Å²) in [5, 5.41) is 0. The van der Waals surface area contributed by atoms with Gasteiger partial charge in [-0.15, -0.1) is 0 Å². The Bertz CT molecular complexity index is 223. The average molecular weight is 215 g/mol. The molecular weight excluding hydrogens is 194 g/mol. The van der Waals surface area contributed by atoms with Crippen LogP contribution >= 0.6 is 0 Å². The number of amides is 1. The van der Waals surface area contributed by atoms with Crippen molar-refractivity contribution in [3.63, 3.8) is 0 Å². The Morgan fingerprint density at radius 3 is 2.80 bits per heavy atom. The van der Waals surface area contributed by atoms with E-state index in [9.17, 15) is 4.79 Å². The third-order valence-electron chi connectivity index (χ3n) is 3.06. The van der Waals surface area contributed by atoms with Gasteiger partial charge in [0.25, 0.3) is 0 Å². The molecule has 1 aliphatic heterocycles. The molecule has 3 atom stereocenters. The number of carbonyl (C=O) groups is 1. The topological polar surface area (TPSA) is 81.6 Å². The molecule has 0 aliphatic carbocycles. The fraction of sp³-hybridized carbons (Fsp3) is 0.900. The lowest BCUT2D eigenvalue weighted by Crippen LogP contribution is -2.42. The molecule has 1 amide bonds. The van der Waals surface area contributed by atoms with Crippen molar-refractivity contribution >= 4 is 5.91 Å². The fourth-order valence-electron chi connectivity index (χ4n) is 1.95.